The van der Waals surface area contributed by atoms with Crippen LogP contribution < -0.4 is 10.1 Å². The minimum absolute atomic E-state index is 0.0777. The minimum atomic E-state index is -0.254. The van der Waals surface area contributed by atoms with E-state index in [9.17, 15) is 14.4 Å². The van der Waals surface area contributed by atoms with Crippen molar-refractivity contribution in [2.24, 2.45) is 11.8 Å². The van der Waals surface area contributed by atoms with E-state index in [1.165, 1.54) is 16.2 Å². The van der Waals surface area contributed by atoms with Crippen molar-refractivity contribution >= 4 is 34.2 Å². The van der Waals surface area contributed by atoms with E-state index >= 15 is 0 Å². The van der Waals surface area contributed by atoms with Crippen molar-refractivity contribution in [3.8, 4) is 17.0 Å². The molecule has 1 N–H and O–H groups in total. The summed E-state index contributed by atoms with van der Waals surface area (Å²) in [5.74, 6) is -0.0535. The zero-order valence-electron chi connectivity index (χ0n) is 16.2. The number of fused-ring (bicyclic) bond motifs is 1. The maximum Gasteiger partial charge on any atom is 0.233 e. The molecule has 1 aliphatic carbocycles. The Morgan fingerprint density at radius 3 is 2.45 bits per heavy atom. The van der Waals surface area contributed by atoms with E-state index in [1.807, 2.05) is 29.6 Å². The highest BCUT2D eigenvalue weighted by molar-refractivity contribution is 7.14. The number of carbonyl (C=O) groups is 3. The van der Waals surface area contributed by atoms with Crippen molar-refractivity contribution in [1.29, 1.82) is 0 Å². The summed E-state index contributed by atoms with van der Waals surface area (Å²) in [7, 11) is 1.61. The monoisotopic (exact) mass is 413 g/mol. The number of likely N-dealkylation sites (tertiary alicyclic amines) is 1. The number of anilines is 1. The Hall–Kier alpha value is -2.74. The molecule has 29 heavy (non-hydrogen) atoms. The van der Waals surface area contributed by atoms with Crippen molar-refractivity contribution in [3.63, 3.8) is 0 Å². The first-order chi connectivity index (χ1) is 14.1. The number of nitrogens with zero attached hydrogens (tertiary/aromatic N) is 2. The molecule has 2 atom stereocenters. The van der Waals surface area contributed by atoms with Crippen LogP contribution in [0.15, 0.2) is 29.6 Å². The van der Waals surface area contributed by atoms with Gasteiger partial charge in [0.1, 0.15) is 5.75 Å². The zero-order chi connectivity index (χ0) is 20.4. The summed E-state index contributed by atoms with van der Waals surface area (Å²) in [6, 6.07) is 7.52. The van der Waals surface area contributed by atoms with Crippen molar-refractivity contribution in [3.05, 3.63) is 29.6 Å². The summed E-state index contributed by atoms with van der Waals surface area (Å²) in [4.78, 5) is 43.0. The van der Waals surface area contributed by atoms with Crippen LogP contribution in [-0.4, -0.2) is 41.3 Å². The number of nitrogens with one attached hydrogen (secondary N) is 1. The molecule has 2 aliphatic rings. The Labute approximate surface area is 173 Å². The van der Waals surface area contributed by atoms with Crippen molar-refractivity contribution in [2.45, 2.75) is 32.1 Å². The van der Waals surface area contributed by atoms with Gasteiger partial charge in [-0.1, -0.05) is 12.8 Å². The van der Waals surface area contributed by atoms with Crippen molar-refractivity contribution in [2.75, 3.05) is 19.0 Å². The van der Waals surface area contributed by atoms with Crippen LogP contribution in [0, 0.1) is 11.8 Å². The molecule has 1 aromatic heterocycles. The number of hydrogen-bond acceptors (Lipinski definition) is 6. The SMILES string of the molecule is COc1ccc(-c2csc(NC(=O)CCN3C(=O)[C@H]4CCCC[C@H]4C3=O)n2)cc1. The van der Waals surface area contributed by atoms with Crippen LogP contribution in [0.5, 0.6) is 5.75 Å². The van der Waals surface area contributed by atoms with Crippen LogP contribution in [0.1, 0.15) is 32.1 Å². The molecule has 1 aliphatic heterocycles. The number of hydrogen-bond donors (Lipinski definition) is 1. The molecule has 1 aromatic carbocycles. The molecule has 0 spiro atoms. The van der Waals surface area contributed by atoms with Crippen LogP contribution in [0.2, 0.25) is 0 Å². The van der Waals surface area contributed by atoms with Crippen LogP contribution in [0.25, 0.3) is 11.3 Å². The highest BCUT2D eigenvalue weighted by atomic mass is 32.1. The van der Waals surface area contributed by atoms with Gasteiger partial charge in [0.15, 0.2) is 5.13 Å². The van der Waals surface area contributed by atoms with Crippen molar-refractivity contribution < 1.29 is 19.1 Å². The maximum atomic E-state index is 12.5. The molecule has 4 rings (SSSR count). The van der Waals surface area contributed by atoms with Gasteiger partial charge in [-0.15, -0.1) is 11.3 Å². The number of methoxy groups -OCH3 is 1. The van der Waals surface area contributed by atoms with Crippen LogP contribution >= 0.6 is 11.3 Å². The van der Waals surface area contributed by atoms with Gasteiger partial charge in [-0.2, -0.15) is 0 Å². The minimum Gasteiger partial charge on any atom is -0.497 e. The standard InChI is InChI=1S/C21H23N3O4S/c1-28-14-8-6-13(7-9-14)17-12-29-21(22-17)23-18(25)10-11-24-19(26)15-4-2-3-5-16(15)20(24)27/h6-9,12,15-16H,2-5,10-11H2,1H3,(H,22,23,25)/t15-,16+. The third kappa shape index (κ3) is 4.03. The van der Waals surface area contributed by atoms with E-state index in [4.69, 9.17) is 4.74 Å². The molecule has 3 amide bonds. The van der Waals surface area contributed by atoms with Crippen molar-refractivity contribution in [1.82, 2.24) is 9.88 Å². The van der Waals surface area contributed by atoms with E-state index < -0.39 is 0 Å². The quantitative estimate of drug-likeness (QED) is 0.734. The van der Waals surface area contributed by atoms with Crippen LogP contribution in [-0.2, 0) is 14.4 Å². The molecule has 1 saturated carbocycles. The normalized spacial score (nSPS) is 21.2. The summed E-state index contributed by atoms with van der Waals surface area (Å²) < 4.78 is 5.15. The molecule has 152 valence electrons. The van der Waals surface area contributed by atoms with E-state index in [0.717, 1.165) is 42.7 Å². The fourth-order valence-electron chi connectivity index (χ4n) is 4.07. The molecular weight excluding hydrogens is 390 g/mol. The summed E-state index contributed by atoms with van der Waals surface area (Å²) in [5.41, 5.74) is 1.69. The van der Waals surface area contributed by atoms with Gasteiger partial charge in [0.2, 0.25) is 17.7 Å². The van der Waals surface area contributed by atoms with E-state index in [-0.39, 0.29) is 42.5 Å². The van der Waals surface area contributed by atoms with Gasteiger partial charge < -0.3 is 10.1 Å². The fourth-order valence-corrected chi connectivity index (χ4v) is 4.81. The number of aromatic nitrogens is 1. The van der Waals surface area contributed by atoms with Gasteiger partial charge in [-0.25, -0.2) is 4.98 Å². The molecule has 2 aromatic rings. The molecule has 0 unspecified atom stereocenters. The first-order valence-electron chi connectivity index (χ1n) is 9.82. The maximum absolute atomic E-state index is 12.5. The molecule has 2 heterocycles. The number of ether oxygens (including phenoxy) is 1. The number of amides is 3. The Balaban J connectivity index is 1.33. The fraction of sp³-hybridized carbons (Fsp3) is 0.429. The molecule has 1 saturated heterocycles. The second-order valence-electron chi connectivity index (χ2n) is 7.39. The summed E-state index contributed by atoms with van der Waals surface area (Å²) >= 11 is 1.34. The predicted molar refractivity (Wildman–Crippen MR) is 110 cm³/mol. The van der Waals surface area contributed by atoms with Gasteiger partial charge in [0.05, 0.1) is 24.6 Å². The van der Waals surface area contributed by atoms with Gasteiger partial charge in [-0.05, 0) is 37.1 Å². The average molecular weight is 413 g/mol. The Kier molecular flexibility index (Phi) is 5.62. The lowest BCUT2D eigenvalue weighted by Gasteiger charge is -2.19. The highest BCUT2D eigenvalue weighted by Gasteiger charge is 2.47. The first-order valence-corrected chi connectivity index (χ1v) is 10.7. The van der Waals surface area contributed by atoms with Crippen LogP contribution in [0.3, 0.4) is 0 Å². The molecule has 2 fully saturated rings. The van der Waals surface area contributed by atoms with Gasteiger partial charge in [-0.3, -0.25) is 19.3 Å². The summed E-state index contributed by atoms with van der Waals surface area (Å²) in [5, 5.41) is 5.13. The van der Waals surface area contributed by atoms with Gasteiger partial charge in [0.25, 0.3) is 0 Å². The Bertz CT molecular complexity index is 900. The zero-order valence-corrected chi connectivity index (χ0v) is 17.0. The van der Waals surface area contributed by atoms with E-state index in [0.29, 0.717) is 5.13 Å². The second kappa shape index (κ2) is 8.32. The second-order valence-corrected chi connectivity index (χ2v) is 8.25. The molecule has 8 heteroatoms. The van der Waals surface area contributed by atoms with Gasteiger partial charge >= 0.3 is 0 Å². The summed E-state index contributed by atoms with van der Waals surface area (Å²) in [6.45, 7) is 0.132. The third-order valence-electron chi connectivity index (χ3n) is 5.63. The van der Waals surface area contributed by atoms with E-state index in [1.54, 1.807) is 7.11 Å². The topological polar surface area (TPSA) is 88.6 Å². The average Bonchev–Trinajstić information content (AvgIpc) is 3.30. The van der Waals surface area contributed by atoms with E-state index in [2.05, 4.69) is 10.3 Å². The largest absolute Gasteiger partial charge is 0.497 e. The molecule has 0 bridgehead atoms. The molecule has 0 radical (unpaired) electrons. The number of thiazole rings is 1. The number of imide groups is 1. The highest BCUT2D eigenvalue weighted by Crippen LogP contribution is 2.38. The summed E-state index contributed by atoms with van der Waals surface area (Å²) in [6.07, 6.45) is 3.63. The third-order valence-corrected chi connectivity index (χ3v) is 6.39. The lowest BCUT2D eigenvalue weighted by molar-refractivity contribution is -0.140. The number of rotatable bonds is 6. The molecular formula is C21H23N3O4S. The lowest BCUT2D eigenvalue weighted by Crippen LogP contribution is -2.34. The Morgan fingerprint density at radius 2 is 1.83 bits per heavy atom. The van der Waals surface area contributed by atoms with Gasteiger partial charge in [0, 0.05) is 23.9 Å². The number of benzene rings is 1. The lowest BCUT2D eigenvalue weighted by atomic mass is 9.81. The predicted octanol–water partition coefficient (Wildman–Crippen LogP) is 3.32. The van der Waals surface area contributed by atoms with Crippen LogP contribution in [0.4, 0.5) is 5.13 Å². The molecule has 7 nitrogen and oxygen atoms in total. The Morgan fingerprint density at radius 1 is 1.17 bits per heavy atom. The number of carbonyl (C=O) groups excluding carboxylic acids is 3. The smallest absolute Gasteiger partial charge is 0.233 e. The first kappa shape index (κ1) is 19.6.